The van der Waals surface area contributed by atoms with E-state index in [1.807, 2.05) is 0 Å². The van der Waals surface area contributed by atoms with Gasteiger partial charge in [-0.1, -0.05) is 6.07 Å². The molecule has 1 atom stereocenters. The van der Waals surface area contributed by atoms with E-state index < -0.39 is 17.1 Å². The second-order valence-electron chi connectivity index (χ2n) is 3.94. The van der Waals surface area contributed by atoms with E-state index in [2.05, 4.69) is 5.32 Å². The zero-order valence-electron chi connectivity index (χ0n) is 9.87. The molecule has 19 heavy (non-hydrogen) atoms. The van der Waals surface area contributed by atoms with Crippen molar-refractivity contribution >= 4 is 11.8 Å². The Morgan fingerprint density at radius 1 is 1.58 bits per heavy atom. The van der Waals surface area contributed by atoms with E-state index in [4.69, 9.17) is 14.6 Å². The third-order valence-corrected chi connectivity index (χ3v) is 2.58. The number of benzene rings is 1. The molecule has 0 bridgehead atoms. The number of nitro benzene ring substituents is 1. The van der Waals surface area contributed by atoms with Gasteiger partial charge in [0.25, 0.3) is 0 Å². The number of alkyl carbamates (subject to hydrolysis) is 1. The summed E-state index contributed by atoms with van der Waals surface area (Å²) in [4.78, 5) is 21.1. The molecule has 1 fully saturated rings. The summed E-state index contributed by atoms with van der Waals surface area (Å²) in [5.74, 6) is 0.0742. The van der Waals surface area contributed by atoms with Gasteiger partial charge in [0.2, 0.25) is 0 Å². The van der Waals surface area contributed by atoms with Crippen molar-refractivity contribution in [2.75, 3.05) is 13.2 Å². The summed E-state index contributed by atoms with van der Waals surface area (Å²) in [5, 5.41) is 22.3. The maximum atomic E-state index is 10.9. The smallest absolute Gasteiger partial charge is 0.407 e. The molecule has 0 aliphatic carbocycles. The molecule has 1 aliphatic rings. The van der Waals surface area contributed by atoms with Gasteiger partial charge < -0.3 is 19.9 Å². The Kier molecular flexibility index (Phi) is 3.81. The first-order valence-corrected chi connectivity index (χ1v) is 5.55. The normalized spacial score (nSPS) is 17.7. The predicted molar refractivity (Wildman–Crippen MR) is 62.8 cm³/mol. The Hall–Kier alpha value is -2.35. The molecule has 2 N–H and O–H groups in total. The van der Waals surface area contributed by atoms with E-state index >= 15 is 0 Å². The maximum Gasteiger partial charge on any atom is 0.407 e. The predicted octanol–water partition coefficient (Wildman–Crippen LogP) is 0.574. The molecule has 1 aliphatic heterocycles. The van der Waals surface area contributed by atoms with Crippen molar-refractivity contribution in [1.82, 2.24) is 5.32 Å². The van der Waals surface area contributed by atoms with Crippen molar-refractivity contribution in [2.45, 2.75) is 12.7 Å². The minimum absolute atomic E-state index is 0.0258. The average molecular weight is 268 g/mol. The van der Waals surface area contributed by atoms with Crippen molar-refractivity contribution in [3.05, 3.63) is 33.9 Å². The quantitative estimate of drug-likeness (QED) is 0.596. The van der Waals surface area contributed by atoms with Crippen LogP contribution in [0.1, 0.15) is 5.56 Å². The van der Waals surface area contributed by atoms with Crippen molar-refractivity contribution in [1.29, 1.82) is 0 Å². The molecule has 8 heteroatoms. The second kappa shape index (κ2) is 5.53. The van der Waals surface area contributed by atoms with E-state index in [1.165, 1.54) is 18.2 Å². The molecule has 1 heterocycles. The Balaban J connectivity index is 2.06. The fourth-order valence-corrected chi connectivity index (χ4v) is 1.63. The number of ether oxygens (including phenoxy) is 2. The van der Waals surface area contributed by atoms with Gasteiger partial charge in [-0.2, -0.15) is 0 Å². The Morgan fingerprint density at radius 2 is 2.37 bits per heavy atom. The summed E-state index contributed by atoms with van der Waals surface area (Å²) in [6.45, 7) is 0.0463. The number of nitrogens with one attached hydrogen (secondary N) is 1. The fourth-order valence-electron chi connectivity index (χ4n) is 1.63. The molecule has 1 unspecified atom stereocenters. The summed E-state index contributed by atoms with van der Waals surface area (Å²) in [5.41, 5.74) is 0.192. The molecule has 1 aromatic carbocycles. The van der Waals surface area contributed by atoms with Crippen LogP contribution in [-0.4, -0.2) is 35.4 Å². The van der Waals surface area contributed by atoms with Gasteiger partial charge in [-0.05, 0) is 11.6 Å². The minimum Gasteiger partial charge on any atom is -0.483 e. The van der Waals surface area contributed by atoms with Crippen molar-refractivity contribution < 1.29 is 24.3 Å². The largest absolute Gasteiger partial charge is 0.483 e. The third kappa shape index (κ3) is 3.10. The number of nitrogens with zero attached hydrogens (tertiary/aromatic N) is 1. The van der Waals surface area contributed by atoms with Crippen LogP contribution in [0.15, 0.2) is 18.2 Å². The summed E-state index contributed by atoms with van der Waals surface area (Å²) >= 11 is 0. The van der Waals surface area contributed by atoms with Crippen molar-refractivity contribution in [3.63, 3.8) is 0 Å². The van der Waals surface area contributed by atoms with Crippen LogP contribution in [0.3, 0.4) is 0 Å². The molecule has 8 nitrogen and oxygen atoms in total. The molecule has 0 aromatic heterocycles. The number of hydrogen-bond donors (Lipinski definition) is 2. The maximum absolute atomic E-state index is 10.9. The highest BCUT2D eigenvalue weighted by molar-refractivity contribution is 5.69. The molecular weight excluding hydrogens is 256 g/mol. The SMILES string of the molecule is O=C1NCC(COc2ccc(CO)cc2[N+](=O)[O-])O1. The van der Waals surface area contributed by atoms with Crippen LogP contribution in [0.25, 0.3) is 0 Å². The lowest BCUT2D eigenvalue weighted by molar-refractivity contribution is -0.386. The highest BCUT2D eigenvalue weighted by Gasteiger charge is 2.24. The number of aliphatic hydroxyl groups is 1. The summed E-state index contributed by atoms with van der Waals surface area (Å²) < 4.78 is 10.1. The van der Waals surface area contributed by atoms with Crippen LogP contribution in [0.4, 0.5) is 10.5 Å². The number of amides is 1. The van der Waals surface area contributed by atoms with Crippen LogP contribution in [0.5, 0.6) is 5.75 Å². The van der Waals surface area contributed by atoms with Gasteiger partial charge in [0.1, 0.15) is 6.61 Å². The van der Waals surface area contributed by atoms with Gasteiger partial charge in [-0.25, -0.2) is 4.79 Å². The lowest BCUT2D eigenvalue weighted by atomic mass is 10.2. The van der Waals surface area contributed by atoms with Crippen LogP contribution >= 0.6 is 0 Å². The minimum atomic E-state index is -0.590. The summed E-state index contributed by atoms with van der Waals surface area (Å²) in [6, 6.07) is 4.18. The van der Waals surface area contributed by atoms with Gasteiger partial charge in [0.05, 0.1) is 18.1 Å². The van der Waals surface area contributed by atoms with Gasteiger partial charge in [0.15, 0.2) is 11.9 Å². The molecular formula is C11H12N2O6. The standard InChI is InChI=1S/C11H12N2O6/c14-5-7-1-2-10(9(3-7)13(16)17)18-6-8-4-12-11(15)19-8/h1-3,8,14H,4-6H2,(H,12,15). The molecule has 0 spiro atoms. The molecule has 1 amide bonds. The molecule has 102 valence electrons. The fraction of sp³-hybridized carbons (Fsp3) is 0.364. The van der Waals surface area contributed by atoms with Crippen LogP contribution in [-0.2, 0) is 11.3 Å². The monoisotopic (exact) mass is 268 g/mol. The third-order valence-electron chi connectivity index (χ3n) is 2.58. The lowest BCUT2D eigenvalue weighted by Gasteiger charge is -2.10. The highest BCUT2D eigenvalue weighted by Crippen LogP contribution is 2.28. The average Bonchev–Trinajstić information content (AvgIpc) is 2.82. The van der Waals surface area contributed by atoms with E-state index in [0.717, 1.165) is 0 Å². The first kappa shape index (κ1) is 13.1. The topological polar surface area (TPSA) is 111 Å². The number of aliphatic hydroxyl groups excluding tert-OH is 1. The first-order valence-electron chi connectivity index (χ1n) is 5.55. The van der Waals surface area contributed by atoms with Crippen LogP contribution in [0, 0.1) is 10.1 Å². The number of rotatable bonds is 5. The number of nitro groups is 1. The van der Waals surface area contributed by atoms with Gasteiger partial charge in [0, 0.05) is 6.07 Å². The lowest BCUT2D eigenvalue weighted by Crippen LogP contribution is -2.22. The molecule has 1 saturated heterocycles. The zero-order valence-corrected chi connectivity index (χ0v) is 9.87. The van der Waals surface area contributed by atoms with E-state index in [1.54, 1.807) is 0 Å². The molecule has 1 aromatic rings. The van der Waals surface area contributed by atoms with Crippen molar-refractivity contribution in [3.8, 4) is 5.75 Å². The van der Waals surface area contributed by atoms with Crippen LogP contribution < -0.4 is 10.1 Å². The molecule has 0 saturated carbocycles. The van der Waals surface area contributed by atoms with Gasteiger partial charge in [-0.3, -0.25) is 10.1 Å². The van der Waals surface area contributed by atoms with Gasteiger partial charge >= 0.3 is 11.8 Å². The molecule has 0 radical (unpaired) electrons. The summed E-state index contributed by atoms with van der Waals surface area (Å²) in [6.07, 6.45) is -0.997. The molecule has 2 rings (SSSR count). The van der Waals surface area contributed by atoms with Crippen LogP contribution in [0.2, 0.25) is 0 Å². The summed E-state index contributed by atoms with van der Waals surface area (Å²) in [7, 11) is 0. The number of carbonyl (C=O) groups is 1. The Labute approximate surface area is 108 Å². The van der Waals surface area contributed by atoms with Crippen molar-refractivity contribution in [2.24, 2.45) is 0 Å². The Bertz CT molecular complexity index is 504. The van der Waals surface area contributed by atoms with E-state index in [9.17, 15) is 14.9 Å². The zero-order chi connectivity index (χ0) is 13.8. The number of cyclic esters (lactones) is 1. The Morgan fingerprint density at radius 3 is 2.95 bits per heavy atom. The number of hydrogen-bond acceptors (Lipinski definition) is 6. The van der Waals surface area contributed by atoms with Gasteiger partial charge in [-0.15, -0.1) is 0 Å². The number of carbonyl (C=O) groups excluding carboxylic acids is 1. The second-order valence-corrected chi connectivity index (χ2v) is 3.94. The van der Waals surface area contributed by atoms with E-state index in [0.29, 0.717) is 12.1 Å². The van der Waals surface area contributed by atoms with E-state index in [-0.39, 0.29) is 24.7 Å². The first-order chi connectivity index (χ1) is 9.10. The highest BCUT2D eigenvalue weighted by atomic mass is 16.6.